The first-order valence-corrected chi connectivity index (χ1v) is 12.5. The third kappa shape index (κ3) is 8.27. The summed E-state index contributed by atoms with van der Waals surface area (Å²) in [6, 6.07) is 25.7. The lowest BCUT2D eigenvalue weighted by atomic mass is 10.1. The summed E-state index contributed by atoms with van der Waals surface area (Å²) in [5.41, 5.74) is 2.13. The van der Waals surface area contributed by atoms with Crippen LogP contribution < -0.4 is 15.0 Å². The van der Waals surface area contributed by atoms with Crippen molar-refractivity contribution in [2.45, 2.75) is 49.3 Å². The van der Waals surface area contributed by atoms with Gasteiger partial charge in [-0.2, -0.15) is 0 Å². The van der Waals surface area contributed by atoms with E-state index in [4.69, 9.17) is 4.74 Å². The molecule has 0 unspecified atom stereocenters. The number of carbonyl (C=O) groups excluding carboxylic acids is 2. The molecule has 0 saturated heterocycles. The normalized spacial score (nSPS) is 10.5. The second-order valence-corrected chi connectivity index (χ2v) is 9.14. The summed E-state index contributed by atoms with van der Waals surface area (Å²) < 4.78 is 5.20. The lowest BCUT2D eigenvalue weighted by Gasteiger charge is -2.24. The summed E-state index contributed by atoms with van der Waals surface area (Å²) in [6.07, 6.45) is 3.77. The predicted octanol–water partition coefficient (Wildman–Crippen LogP) is 6.71. The molecular formula is C28H32N2O3S. The average molecular weight is 477 g/mol. The molecule has 0 heterocycles. The van der Waals surface area contributed by atoms with Gasteiger partial charge in [0, 0.05) is 35.5 Å². The fourth-order valence-electron chi connectivity index (χ4n) is 3.52. The smallest absolute Gasteiger partial charge is 0.321 e. The van der Waals surface area contributed by atoms with Gasteiger partial charge < -0.3 is 10.1 Å². The number of esters is 1. The number of benzene rings is 3. The van der Waals surface area contributed by atoms with Gasteiger partial charge in [0.25, 0.3) is 0 Å². The van der Waals surface area contributed by atoms with Crippen LogP contribution in [-0.4, -0.2) is 25.1 Å². The second kappa shape index (κ2) is 13.5. The van der Waals surface area contributed by atoms with Gasteiger partial charge in [-0.05, 0) is 61.2 Å². The first kappa shape index (κ1) is 25.4. The second-order valence-electron chi connectivity index (χ2n) is 7.99. The molecule has 178 valence electrons. The summed E-state index contributed by atoms with van der Waals surface area (Å²) >= 11 is 1.56. The zero-order valence-corrected chi connectivity index (χ0v) is 20.6. The zero-order valence-electron chi connectivity index (χ0n) is 19.8. The van der Waals surface area contributed by atoms with E-state index in [0.29, 0.717) is 18.8 Å². The number of hydrogen-bond acceptors (Lipinski definition) is 4. The Bertz CT molecular complexity index is 1070. The average Bonchev–Trinajstić information content (AvgIpc) is 2.82. The molecule has 0 bridgehead atoms. The molecule has 3 rings (SSSR count). The van der Waals surface area contributed by atoms with Crippen LogP contribution in [-0.2, 0) is 11.2 Å². The van der Waals surface area contributed by atoms with Gasteiger partial charge in [0.2, 0.25) is 0 Å². The van der Waals surface area contributed by atoms with Crippen molar-refractivity contribution in [3.05, 3.63) is 84.4 Å². The maximum Gasteiger partial charge on any atom is 0.321 e. The van der Waals surface area contributed by atoms with Crippen molar-refractivity contribution in [3.63, 3.8) is 0 Å². The van der Waals surface area contributed by atoms with Crippen LogP contribution in [0.1, 0.15) is 38.7 Å². The number of anilines is 1. The fourth-order valence-corrected chi connectivity index (χ4v) is 4.44. The van der Waals surface area contributed by atoms with E-state index in [0.717, 1.165) is 41.2 Å². The standard InChI is InChI=1S/C28H32N2O3S/c1-3-4-18-29-28(32)30(19-10-13-23-11-6-5-7-12-23)24-14-8-16-26(20-24)34-27-17-9-15-25(21-27)33-22(2)31/h5-9,11-12,14-17,20-21H,3-4,10,13,18-19H2,1-2H3,(H,29,32). The molecule has 6 heteroatoms. The topological polar surface area (TPSA) is 58.6 Å². The number of amides is 2. The number of unbranched alkanes of at least 4 members (excludes halogenated alkanes) is 1. The highest BCUT2D eigenvalue weighted by Crippen LogP contribution is 2.32. The molecule has 0 radical (unpaired) electrons. The molecule has 0 fully saturated rings. The molecule has 0 saturated carbocycles. The Morgan fingerprint density at radius 3 is 2.38 bits per heavy atom. The highest BCUT2D eigenvalue weighted by Gasteiger charge is 2.16. The van der Waals surface area contributed by atoms with E-state index in [-0.39, 0.29) is 12.0 Å². The Labute approximate surface area is 206 Å². The van der Waals surface area contributed by atoms with Crippen LogP contribution in [0.15, 0.2) is 88.7 Å². The van der Waals surface area contributed by atoms with E-state index in [1.165, 1.54) is 12.5 Å². The van der Waals surface area contributed by atoms with Gasteiger partial charge in [0.05, 0.1) is 0 Å². The minimum Gasteiger partial charge on any atom is -0.427 e. The van der Waals surface area contributed by atoms with Crippen molar-refractivity contribution in [2.75, 3.05) is 18.0 Å². The molecule has 2 amide bonds. The van der Waals surface area contributed by atoms with E-state index in [2.05, 4.69) is 24.4 Å². The lowest BCUT2D eigenvalue weighted by molar-refractivity contribution is -0.131. The quantitative estimate of drug-likeness (QED) is 0.190. The molecule has 1 N–H and O–H groups in total. The molecule has 0 aliphatic carbocycles. The number of aryl methyl sites for hydroxylation is 1. The monoisotopic (exact) mass is 476 g/mol. The number of rotatable bonds is 11. The predicted molar refractivity (Wildman–Crippen MR) is 139 cm³/mol. The van der Waals surface area contributed by atoms with Gasteiger partial charge in [0.1, 0.15) is 5.75 Å². The van der Waals surface area contributed by atoms with E-state index in [1.807, 2.05) is 65.6 Å². The highest BCUT2D eigenvalue weighted by atomic mass is 32.2. The lowest BCUT2D eigenvalue weighted by Crippen LogP contribution is -2.41. The number of nitrogens with zero attached hydrogens (tertiary/aromatic N) is 1. The maximum atomic E-state index is 13.0. The SMILES string of the molecule is CCCCNC(=O)N(CCCc1ccccc1)c1cccc(Sc2cccc(OC(C)=O)c2)c1. The van der Waals surface area contributed by atoms with Crippen molar-refractivity contribution in [1.29, 1.82) is 0 Å². The van der Waals surface area contributed by atoms with E-state index >= 15 is 0 Å². The summed E-state index contributed by atoms with van der Waals surface area (Å²) in [4.78, 5) is 28.1. The Balaban J connectivity index is 1.73. The van der Waals surface area contributed by atoms with E-state index in [1.54, 1.807) is 17.8 Å². The van der Waals surface area contributed by atoms with Crippen molar-refractivity contribution in [1.82, 2.24) is 5.32 Å². The van der Waals surface area contributed by atoms with Crippen LogP contribution in [0.25, 0.3) is 0 Å². The first-order valence-electron chi connectivity index (χ1n) is 11.7. The van der Waals surface area contributed by atoms with Crippen molar-refractivity contribution in [2.24, 2.45) is 0 Å². The van der Waals surface area contributed by atoms with Crippen molar-refractivity contribution >= 4 is 29.4 Å². The minimum absolute atomic E-state index is 0.0690. The van der Waals surface area contributed by atoms with E-state index in [9.17, 15) is 9.59 Å². The highest BCUT2D eigenvalue weighted by molar-refractivity contribution is 7.99. The Morgan fingerprint density at radius 2 is 1.65 bits per heavy atom. The Kier molecular flexibility index (Phi) is 10.0. The third-order valence-corrected chi connectivity index (χ3v) is 6.15. The van der Waals surface area contributed by atoms with Gasteiger partial charge in [-0.1, -0.05) is 67.6 Å². The largest absolute Gasteiger partial charge is 0.427 e. The molecule has 0 aliphatic heterocycles. The van der Waals surface area contributed by atoms with Crippen LogP contribution in [0.3, 0.4) is 0 Å². The van der Waals surface area contributed by atoms with Gasteiger partial charge in [-0.15, -0.1) is 0 Å². The summed E-state index contributed by atoms with van der Waals surface area (Å²) in [5.74, 6) is 0.177. The number of urea groups is 1. The Hall–Kier alpha value is -3.25. The minimum atomic E-state index is -0.343. The van der Waals surface area contributed by atoms with Gasteiger partial charge in [-0.3, -0.25) is 9.69 Å². The molecule has 0 aliphatic rings. The van der Waals surface area contributed by atoms with Crippen molar-refractivity contribution < 1.29 is 14.3 Å². The van der Waals surface area contributed by atoms with Crippen LogP contribution in [0.4, 0.5) is 10.5 Å². The van der Waals surface area contributed by atoms with Gasteiger partial charge in [0.15, 0.2) is 0 Å². The molecule has 5 nitrogen and oxygen atoms in total. The molecule has 34 heavy (non-hydrogen) atoms. The maximum absolute atomic E-state index is 13.0. The number of carbonyl (C=O) groups is 2. The van der Waals surface area contributed by atoms with Crippen LogP contribution in [0.5, 0.6) is 5.75 Å². The molecule has 0 aromatic heterocycles. The van der Waals surface area contributed by atoms with Gasteiger partial charge in [-0.25, -0.2) is 4.79 Å². The summed E-state index contributed by atoms with van der Waals surface area (Å²) in [7, 11) is 0. The van der Waals surface area contributed by atoms with Crippen molar-refractivity contribution in [3.8, 4) is 5.75 Å². The van der Waals surface area contributed by atoms with E-state index < -0.39 is 0 Å². The molecule has 0 atom stereocenters. The first-order chi connectivity index (χ1) is 16.5. The fraction of sp³-hybridized carbons (Fsp3) is 0.286. The van der Waals surface area contributed by atoms with Crippen LogP contribution >= 0.6 is 11.8 Å². The molecule has 3 aromatic rings. The number of hydrogen-bond donors (Lipinski definition) is 1. The number of nitrogens with one attached hydrogen (secondary N) is 1. The third-order valence-electron chi connectivity index (χ3n) is 5.17. The van der Waals surface area contributed by atoms with Gasteiger partial charge >= 0.3 is 12.0 Å². The molecule has 0 spiro atoms. The molecule has 3 aromatic carbocycles. The molecular weight excluding hydrogens is 444 g/mol. The zero-order chi connectivity index (χ0) is 24.2. The summed E-state index contributed by atoms with van der Waals surface area (Å²) in [5, 5.41) is 3.06. The van der Waals surface area contributed by atoms with Crippen LogP contribution in [0.2, 0.25) is 0 Å². The Morgan fingerprint density at radius 1 is 0.912 bits per heavy atom. The van der Waals surface area contributed by atoms with Crippen LogP contribution in [0, 0.1) is 0 Å². The summed E-state index contributed by atoms with van der Waals surface area (Å²) in [6.45, 7) is 4.80. The number of ether oxygens (including phenoxy) is 1.